The Morgan fingerprint density at radius 2 is 1.97 bits per heavy atom. The molecular weight excluding hydrogens is 486 g/mol. The van der Waals surface area contributed by atoms with Crippen LogP contribution in [0, 0.1) is 5.92 Å². The van der Waals surface area contributed by atoms with Crippen LogP contribution < -0.4 is 26.2 Å². The number of methoxy groups -OCH3 is 1. The van der Waals surface area contributed by atoms with E-state index >= 15 is 0 Å². The summed E-state index contributed by atoms with van der Waals surface area (Å²) in [6.45, 7) is 1.50. The van der Waals surface area contributed by atoms with Crippen molar-refractivity contribution in [2.75, 3.05) is 19.5 Å². The van der Waals surface area contributed by atoms with Gasteiger partial charge in [-0.15, -0.1) is 0 Å². The molecule has 2 amide bonds. The minimum atomic E-state index is -0.987. The number of benzene rings is 1. The maximum atomic E-state index is 13.2. The first kappa shape index (κ1) is 25.8. The molecule has 2 heterocycles. The normalized spacial score (nSPS) is 22.2. The fraction of sp³-hybridized carbons (Fsp3) is 0.464. The number of carbonyl (C=O) groups excluding carboxylic acids is 2. The fourth-order valence-corrected chi connectivity index (χ4v) is 5.26. The summed E-state index contributed by atoms with van der Waals surface area (Å²) >= 11 is 0. The number of ether oxygens (including phenoxy) is 1. The van der Waals surface area contributed by atoms with Crippen LogP contribution in [0.1, 0.15) is 61.8 Å². The van der Waals surface area contributed by atoms with Crippen LogP contribution >= 0.6 is 0 Å². The van der Waals surface area contributed by atoms with Gasteiger partial charge in [-0.3, -0.25) is 14.4 Å². The zero-order chi connectivity index (χ0) is 27.0. The van der Waals surface area contributed by atoms with Crippen LogP contribution in [0.3, 0.4) is 0 Å². The smallest absolute Gasteiger partial charge is 0.274 e. The van der Waals surface area contributed by atoms with E-state index in [0.29, 0.717) is 22.6 Å². The highest BCUT2D eigenvalue weighted by Crippen LogP contribution is 2.33. The number of hydrogen-bond acceptors (Lipinski definition) is 6. The molecular formula is C28H34N5O5+. The van der Waals surface area contributed by atoms with Gasteiger partial charge < -0.3 is 24.6 Å². The van der Waals surface area contributed by atoms with Crippen molar-refractivity contribution in [1.29, 1.82) is 0 Å². The molecule has 200 valence electrons. The number of pyridine rings is 1. The van der Waals surface area contributed by atoms with E-state index in [2.05, 4.69) is 16.6 Å². The Kier molecular flexibility index (Phi) is 7.16. The van der Waals surface area contributed by atoms with Crippen LogP contribution in [0.25, 0.3) is 6.20 Å². The second-order valence-corrected chi connectivity index (χ2v) is 10.4. The third-order valence-electron chi connectivity index (χ3n) is 7.61. The van der Waals surface area contributed by atoms with Crippen molar-refractivity contribution in [3.8, 4) is 5.75 Å². The van der Waals surface area contributed by atoms with Crippen molar-refractivity contribution in [2.24, 2.45) is 11.0 Å². The minimum absolute atomic E-state index is 0.127. The lowest BCUT2D eigenvalue weighted by Crippen LogP contribution is -2.43. The quantitative estimate of drug-likeness (QED) is 0.533. The number of anilines is 1. The van der Waals surface area contributed by atoms with Gasteiger partial charge in [-0.1, -0.05) is 4.68 Å². The van der Waals surface area contributed by atoms with Gasteiger partial charge in [-0.05, 0) is 63.6 Å². The van der Waals surface area contributed by atoms with Gasteiger partial charge in [-0.2, -0.15) is 0 Å². The highest BCUT2D eigenvalue weighted by molar-refractivity contribution is 6.06. The summed E-state index contributed by atoms with van der Waals surface area (Å²) < 4.78 is 8.95. The molecule has 38 heavy (non-hydrogen) atoms. The van der Waals surface area contributed by atoms with E-state index in [4.69, 9.17) is 4.74 Å². The molecule has 3 aliphatic rings. The number of nitrogens with one attached hydrogen (secondary N) is 1. The number of rotatable bonds is 7. The van der Waals surface area contributed by atoms with Gasteiger partial charge in [0, 0.05) is 42.4 Å². The number of aliphatic hydroxyl groups excluding tert-OH is 1. The highest BCUT2D eigenvalue weighted by atomic mass is 16.5. The molecule has 0 radical (unpaired) electrons. The average molecular weight is 521 g/mol. The van der Waals surface area contributed by atoms with E-state index in [0.717, 1.165) is 43.7 Å². The summed E-state index contributed by atoms with van der Waals surface area (Å²) in [6, 6.07) is 7.19. The van der Waals surface area contributed by atoms with Crippen molar-refractivity contribution in [3.63, 3.8) is 0 Å². The lowest BCUT2D eigenvalue weighted by Gasteiger charge is -2.33. The van der Waals surface area contributed by atoms with Gasteiger partial charge in [0.1, 0.15) is 22.9 Å². The minimum Gasteiger partial charge on any atom is -0.496 e. The summed E-state index contributed by atoms with van der Waals surface area (Å²) in [5.41, 5.74) is 0.362. The zero-order valence-electron chi connectivity index (χ0n) is 22.0. The first-order valence-electron chi connectivity index (χ1n) is 13.1. The molecule has 0 bridgehead atoms. The van der Waals surface area contributed by atoms with Crippen LogP contribution in [-0.4, -0.2) is 63.6 Å². The Morgan fingerprint density at radius 1 is 1.24 bits per heavy atom. The second-order valence-electron chi connectivity index (χ2n) is 10.4. The predicted octanol–water partition coefficient (Wildman–Crippen LogP) is 1.21. The standard InChI is InChI=1S/C28H33N5O5/c1-17(34)27(36)31(2)20-8-6-18(7-9-20)15-32-16-19-13-22(25(38-3)14-24(19)30-32)26(35)29-23-5-4-12-33(28(23)37)21-10-11-21/h4-5,12-18,20-21,34H,6-11H2,1-3H3/p+1/b32-15-/t17-,18?,20?/m1/s1. The Balaban J connectivity index is 1.31. The van der Waals surface area contributed by atoms with E-state index < -0.39 is 12.0 Å². The number of amides is 2. The molecule has 5 rings (SSSR count). The van der Waals surface area contributed by atoms with E-state index in [1.54, 1.807) is 51.7 Å². The first-order valence-corrected chi connectivity index (χ1v) is 13.1. The number of carbonyl (C=O) groups is 2. The first-order chi connectivity index (χ1) is 18.2. The molecule has 2 N–H and O–H groups in total. The van der Waals surface area contributed by atoms with Crippen molar-refractivity contribution < 1.29 is 24.1 Å². The number of hydrogen-bond donors (Lipinski definition) is 2. The predicted molar refractivity (Wildman–Crippen MR) is 142 cm³/mol. The van der Waals surface area contributed by atoms with Gasteiger partial charge in [-0.25, -0.2) is 0 Å². The number of aromatic nitrogens is 1. The van der Waals surface area contributed by atoms with Gasteiger partial charge in [0.05, 0.1) is 17.9 Å². The van der Waals surface area contributed by atoms with E-state index in [9.17, 15) is 19.5 Å². The number of nitrogens with zero attached hydrogens (tertiary/aromatic N) is 4. The molecule has 0 spiro atoms. The summed E-state index contributed by atoms with van der Waals surface area (Å²) in [5, 5.41) is 18.5. The SMILES string of the molecule is COc1cc2c(cc1C(=O)Nc1cccn(C3CC3)c1=O)=C/[N+](=C/C1CCC(N(C)C(=O)[C@@H](C)O)CC1)N=2. The van der Waals surface area contributed by atoms with Crippen LogP contribution in [0.2, 0.25) is 0 Å². The Morgan fingerprint density at radius 3 is 2.63 bits per heavy atom. The monoisotopic (exact) mass is 520 g/mol. The molecule has 2 saturated carbocycles. The summed E-state index contributed by atoms with van der Waals surface area (Å²) in [5.74, 6) is 0.0164. The van der Waals surface area contributed by atoms with Crippen LogP contribution in [0.15, 0.2) is 40.4 Å². The van der Waals surface area contributed by atoms with Crippen molar-refractivity contribution >= 4 is 29.9 Å². The second kappa shape index (κ2) is 10.5. The zero-order valence-corrected chi connectivity index (χ0v) is 22.0. The van der Waals surface area contributed by atoms with Crippen LogP contribution in [-0.2, 0) is 4.79 Å². The third kappa shape index (κ3) is 5.26. The van der Waals surface area contributed by atoms with Gasteiger partial charge in [0.15, 0.2) is 6.21 Å². The summed E-state index contributed by atoms with van der Waals surface area (Å²) in [6.07, 6.45) is 10.2. The van der Waals surface area contributed by atoms with Gasteiger partial charge >= 0.3 is 0 Å². The maximum absolute atomic E-state index is 13.2. The molecule has 1 atom stereocenters. The molecule has 0 unspecified atom stereocenters. The maximum Gasteiger partial charge on any atom is 0.274 e. The molecule has 10 nitrogen and oxygen atoms in total. The van der Waals surface area contributed by atoms with Gasteiger partial charge in [0.2, 0.25) is 6.20 Å². The molecule has 1 aliphatic heterocycles. The summed E-state index contributed by atoms with van der Waals surface area (Å²) in [4.78, 5) is 39.7. The molecule has 1 aromatic carbocycles. The molecule has 0 saturated heterocycles. The Bertz CT molecular complexity index is 1470. The lowest BCUT2D eigenvalue weighted by atomic mass is 9.86. The highest BCUT2D eigenvalue weighted by Gasteiger charge is 2.30. The largest absolute Gasteiger partial charge is 0.496 e. The van der Waals surface area contributed by atoms with Crippen LogP contribution in [0.5, 0.6) is 5.75 Å². The molecule has 1 aromatic heterocycles. The molecule has 10 heteroatoms. The summed E-state index contributed by atoms with van der Waals surface area (Å²) in [7, 11) is 3.26. The number of likely N-dealkylation sites (N-methyl/N-ethyl adjacent to an activating group) is 1. The van der Waals surface area contributed by atoms with E-state index in [1.165, 1.54) is 14.0 Å². The Hall–Kier alpha value is -3.79. The number of fused-ring (bicyclic) bond motifs is 1. The van der Waals surface area contributed by atoms with E-state index in [1.807, 2.05) is 6.20 Å². The average Bonchev–Trinajstić information content (AvgIpc) is 3.68. The molecule has 2 aliphatic carbocycles. The fourth-order valence-electron chi connectivity index (χ4n) is 5.26. The van der Waals surface area contributed by atoms with Crippen molar-refractivity contribution in [1.82, 2.24) is 9.47 Å². The molecule has 2 fully saturated rings. The van der Waals surface area contributed by atoms with Crippen molar-refractivity contribution in [2.45, 2.75) is 63.6 Å². The lowest BCUT2D eigenvalue weighted by molar-refractivity contribution is -0.424. The third-order valence-corrected chi connectivity index (χ3v) is 7.61. The van der Waals surface area contributed by atoms with Crippen LogP contribution in [0.4, 0.5) is 5.69 Å². The Labute approximate surface area is 220 Å². The number of aliphatic hydroxyl groups is 1. The molecule has 2 aromatic rings. The topological polar surface area (TPSA) is 116 Å². The van der Waals surface area contributed by atoms with E-state index in [-0.39, 0.29) is 29.2 Å². The van der Waals surface area contributed by atoms with Crippen molar-refractivity contribution in [3.05, 3.63) is 57.0 Å². The van der Waals surface area contributed by atoms with Gasteiger partial charge in [0.25, 0.3) is 17.4 Å².